The van der Waals surface area contributed by atoms with Crippen LogP contribution in [0.4, 0.5) is 0 Å². The highest BCUT2D eigenvalue weighted by atomic mass is 16.5. The standard InChI is InChI=1S/C20H42N4O2.2H2/c1-4-19(5-2)14-22-7-11-26-13-9-24-17-20(18-24)15-23(16-20)8-12-25-10-6-21-3;;/h19,21-22H,4-18H2,1-3H3;2*1H. The lowest BCUT2D eigenvalue weighted by Crippen LogP contribution is -2.72. The van der Waals surface area contributed by atoms with E-state index >= 15 is 0 Å². The van der Waals surface area contributed by atoms with Gasteiger partial charge in [-0.05, 0) is 19.5 Å². The highest BCUT2D eigenvalue weighted by molar-refractivity contribution is 5.05. The molecule has 0 aromatic rings. The summed E-state index contributed by atoms with van der Waals surface area (Å²) in [5.74, 6) is 0.814. The van der Waals surface area contributed by atoms with Gasteiger partial charge in [0.05, 0.1) is 26.4 Å². The Morgan fingerprint density at radius 3 is 1.92 bits per heavy atom. The van der Waals surface area contributed by atoms with Crippen molar-refractivity contribution in [2.24, 2.45) is 11.3 Å². The molecule has 158 valence electrons. The zero-order valence-corrected chi connectivity index (χ0v) is 17.4. The molecule has 0 saturated carbocycles. The highest BCUT2D eigenvalue weighted by Gasteiger charge is 2.50. The van der Waals surface area contributed by atoms with E-state index in [0.717, 1.165) is 65.1 Å². The SMILES string of the molecule is CCC(CC)CNCCOCCN1CC2(CN(CCOCCNC)C2)C1.[HH].[HH]. The Balaban J connectivity index is 0.00000364. The molecule has 2 heterocycles. The molecule has 0 aromatic carbocycles. The molecular formula is C20H46N4O2. The number of likely N-dealkylation sites (N-methyl/N-ethyl adjacent to an activating group) is 1. The maximum absolute atomic E-state index is 5.78. The van der Waals surface area contributed by atoms with Crippen LogP contribution in [0.2, 0.25) is 0 Å². The van der Waals surface area contributed by atoms with Crippen molar-refractivity contribution in [1.29, 1.82) is 0 Å². The Morgan fingerprint density at radius 1 is 0.885 bits per heavy atom. The second-order valence-corrected chi connectivity index (χ2v) is 8.14. The molecule has 0 amide bonds. The Kier molecular flexibility index (Phi) is 10.4. The van der Waals surface area contributed by atoms with Crippen molar-refractivity contribution in [3.63, 3.8) is 0 Å². The monoisotopic (exact) mass is 374 g/mol. The molecule has 0 atom stereocenters. The molecule has 2 aliphatic heterocycles. The third-order valence-electron chi connectivity index (χ3n) is 5.85. The van der Waals surface area contributed by atoms with Crippen LogP contribution in [-0.4, -0.2) is 102 Å². The van der Waals surface area contributed by atoms with Crippen molar-refractivity contribution in [3.05, 3.63) is 0 Å². The molecule has 2 aliphatic rings. The largest absolute Gasteiger partial charge is 0.379 e. The first-order chi connectivity index (χ1) is 12.7. The van der Waals surface area contributed by atoms with E-state index in [2.05, 4.69) is 34.3 Å². The van der Waals surface area contributed by atoms with E-state index in [0.29, 0.717) is 5.41 Å². The van der Waals surface area contributed by atoms with E-state index in [-0.39, 0.29) is 2.85 Å². The van der Waals surface area contributed by atoms with E-state index in [9.17, 15) is 0 Å². The predicted octanol–water partition coefficient (Wildman–Crippen LogP) is 1.37. The first kappa shape index (κ1) is 22.1. The van der Waals surface area contributed by atoms with Gasteiger partial charge in [0.15, 0.2) is 0 Å². The molecular weight excluding hydrogens is 328 g/mol. The van der Waals surface area contributed by atoms with E-state index in [1.54, 1.807) is 0 Å². The van der Waals surface area contributed by atoms with Crippen LogP contribution in [0.25, 0.3) is 0 Å². The quantitative estimate of drug-likeness (QED) is 0.398. The summed E-state index contributed by atoms with van der Waals surface area (Å²) in [4.78, 5) is 5.07. The van der Waals surface area contributed by atoms with Crippen LogP contribution in [0.1, 0.15) is 29.5 Å². The smallest absolute Gasteiger partial charge is 0.0594 e. The van der Waals surface area contributed by atoms with Crippen molar-refractivity contribution in [1.82, 2.24) is 20.4 Å². The lowest BCUT2D eigenvalue weighted by atomic mass is 9.73. The van der Waals surface area contributed by atoms with Crippen LogP contribution in [0, 0.1) is 11.3 Å². The Morgan fingerprint density at radius 2 is 1.42 bits per heavy atom. The third-order valence-corrected chi connectivity index (χ3v) is 5.85. The van der Waals surface area contributed by atoms with Crippen LogP contribution < -0.4 is 10.6 Å². The zero-order valence-electron chi connectivity index (χ0n) is 17.4. The maximum Gasteiger partial charge on any atom is 0.0594 e. The fourth-order valence-corrected chi connectivity index (χ4v) is 4.11. The molecule has 0 bridgehead atoms. The van der Waals surface area contributed by atoms with Gasteiger partial charge in [-0.25, -0.2) is 0 Å². The maximum atomic E-state index is 5.78. The molecule has 2 rings (SSSR count). The van der Waals surface area contributed by atoms with Crippen LogP contribution >= 0.6 is 0 Å². The summed E-state index contributed by atoms with van der Waals surface area (Å²) in [5, 5.41) is 6.61. The molecule has 6 nitrogen and oxygen atoms in total. The summed E-state index contributed by atoms with van der Waals surface area (Å²) in [5.41, 5.74) is 0.585. The van der Waals surface area contributed by atoms with Gasteiger partial charge in [-0.15, -0.1) is 0 Å². The zero-order chi connectivity index (χ0) is 18.7. The summed E-state index contributed by atoms with van der Waals surface area (Å²) >= 11 is 0. The molecule has 6 heteroatoms. The van der Waals surface area contributed by atoms with Crippen molar-refractivity contribution in [2.45, 2.75) is 26.7 Å². The first-order valence-electron chi connectivity index (χ1n) is 10.7. The number of hydrogen-bond acceptors (Lipinski definition) is 6. The highest BCUT2D eigenvalue weighted by Crippen LogP contribution is 2.38. The lowest BCUT2D eigenvalue weighted by Gasteiger charge is -2.60. The van der Waals surface area contributed by atoms with Gasteiger partial charge in [-0.2, -0.15) is 0 Å². The summed E-state index contributed by atoms with van der Waals surface area (Å²) in [6, 6.07) is 0. The number of likely N-dealkylation sites (tertiary alicyclic amines) is 2. The molecule has 0 radical (unpaired) electrons. The topological polar surface area (TPSA) is 49.0 Å². The van der Waals surface area contributed by atoms with Crippen LogP contribution in [0.3, 0.4) is 0 Å². The molecule has 0 aliphatic carbocycles. The average molecular weight is 375 g/mol. The minimum Gasteiger partial charge on any atom is -0.379 e. The molecule has 2 N–H and O–H groups in total. The third kappa shape index (κ3) is 7.41. The van der Waals surface area contributed by atoms with Crippen molar-refractivity contribution < 1.29 is 12.3 Å². The summed E-state index contributed by atoms with van der Waals surface area (Å²) in [6.07, 6.45) is 2.53. The average Bonchev–Trinajstić information content (AvgIpc) is 2.58. The summed E-state index contributed by atoms with van der Waals surface area (Å²) in [6.45, 7) is 18.1. The number of nitrogens with zero attached hydrogens (tertiary/aromatic N) is 2. The molecule has 2 fully saturated rings. The van der Waals surface area contributed by atoms with Gasteiger partial charge in [0.1, 0.15) is 0 Å². The minimum absolute atomic E-state index is 0. The molecule has 1 spiro atoms. The van der Waals surface area contributed by atoms with Gasteiger partial charge in [0, 0.05) is 60.6 Å². The summed E-state index contributed by atoms with van der Waals surface area (Å²) < 4.78 is 11.4. The number of rotatable bonds is 16. The Bertz CT molecular complexity index is 362. The normalized spacial score (nSPS) is 19.8. The van der Waals surface area contributed by atoms with Crippen molar-refractivity contribution in [3.8, 4) is 0 Å². The molecule has 26 heavy (non-hydrogen) atoms. The van der Waals surface area contributed by atoms with E-state index < -0.39 is 0 Å². The van der Waals surface area contributed by atoms with Crippen molar-refractivity contribution in [2.75, 3.05) is 92.4 Å². The number of hydrogen-bond donors (Lipinski definition) is 2. The second kappa shape index (κ2) is 12.3. The van der Waals surface area contributed by atoms with Gasteiger partial charge in [-0.3, -0.25) is 9.80 Å². The molecule has 2 saturated heterocycles. The molecule has 0 aromatic heterocycles. The second-order valence-electron chi connectivity index (χ2n) is 8.14. The van der Waals surface area contributed by atoms with Gasteiger partial charge in [0.2, 0.25) is 0 Å². The van der Waals surface area contributed by atoms with Crippen molar-refractivity contribution >= 4 is 0 Å². The van der Waals surface area contributed by atoms with Gasteiger partial charge in [-0.1, -0.05) is 26.7 Å². The Hall–Kier alpha value is -0.240. The predicted molar refractivity (Wildman–Crippen MR) is 112 cm³/mol. The van der Waals surface area contributed by atoms with Gasteiger partial charge < -0.3 is 20.1 Å². The van der Waals surface area contributed by atoms with Crippen LogP contribution in [0.15, 0.2) is 0 Å². The van der Waals surface area contributed by atoms with Crippen LogP contribution in [0.5, 0.6) is 0 Å². The molecule has 0 unspecified atom stereocenters. The van der Waals surface area contributed by atoms with E-state index in [1.165, 1.54) is 39.0 Å². The van der Waals surface area contributed by atoms with E-state index in [4.69, 9.17) is 9.47 Å². The number of ether oxygens (including phenoxy) is 2. The Labute approximate surface area is 163 Å². The number of nitrogens with one attached hydrogen (secondary N) is 2. The lowest BCUT2D eigenvalue weighted by molar-refractivity contribution is -0.123. The van der Waals surface area contributed by atoms with Crippen LogP contribution in [-0.2, 0) is 9.47 Å². The van der Waals surface area contributed by atoms with E-state index in [1.807, 2.05) is 7.05 Å². The minimum atomic E-state index is 0. The van der Waals surface area contributed by atoms with Gasteiger partial charge >= 0.3 is 0 Å². The first-order valence-corrected chi connectivity index (χ1v) is 10.7. The summed E-state index contributed by atoms with van der Waals surface area (Å²) in [7, 11) is 1.96. The van der Waals surface area contributed by atoms with Gasteiger partial charge in [0.25, 0.3) is 0 Å². The fourth-order valence-electron chi connectivity index (χ4n) is 4.11. The fraction of sp³-hybridized carbons (Fsp3) is 1.00.